The Morgan fingerprint density at radius 1 is 1.18 bits per heavy atom. The van der Waals surface area contributed by atoms with Crippen molar-refractivity contribution in [3.8, 4) is 11.3 Å². The van der Waals surface area contributed by atoms with Gasteiger partial charge in [-0.1, -0.05) is 31.5 Å². The molecule has 1 atom stereocenters. The van der Waals surface area contributed by atoms with E-state index in [0.717, 1.165) is 11.1 Å². The second kappa shape index (κ2) is 8.22. The van der Waals surface area contributed by atoms with Gasteiger partial charge in [-0.3, -0.25) is 4.79 Å². The highest BCUT2D eigenvalue weighted by Gasteiger charge is 2.55. The van der Waals surface area contributed by atoms with Gasteiger partial charge in [-0.05, 0) is 47.1 Å². The van der Waals surface area contributed by atoms with Crippen molar-refractivity contribution in [2.75, 3.05) is 18.1 Å². The smallest absolute Gasteiger partial charge is 0.251 e. The van der Waals surface area contributed by atoms with Crippen LogP contribution in [0.15, 0.2) is 42.6 Å². The highest BCUT2D eigenvalue weighted by atomic mass is 35.5. The maximum absolute atomic E-state index is 14.5. The predicted molar refractivity (Wildman–Crippen MR) is 132 cm³/mol. The lowest BCUT2D eigenvalue weighted by Gasteiger charge is -2.32. The average Bonchev–Trinajstić information content (AvgIpc) is 3.61. The highest BCUT2D eigenvalue weighted by Crippen LogP contribution is 2.53. The van der Waals surface area contributed by atoms with Gasteiger partial charge in [-0.25, -0.2) is 14.4 Å². The molecular weight excluding hydrogens is 475 g/mol. The van der Waals surface area contributed by atoms with Gasteiger partial charge in [0.15, 0.2) is 4.75 Å². The maximum atomic E-state index is 14.5. The van der Waals surface area contributed by atoms with E-state index in [1.165, 1.54) is 12.3 Å². The van der Waals surface area contributed by atoms with Crippen LogP contribution in [0, 0.1) is 5.82 Å². The minimum Gasteiger partial charge on any atom is -0.616 e. The van der Waals surface area contributed by atoms with Crippen LogP contribution in [-0.4, -0.2) is 33.2 Å². The van der Waals surface area contributed by atoms with E-state index in [1.54, 1.807) is 24.5 Å². The molecule has 1 amide bonds. The van der Waals surface area contributed by atoms with Crippen LogP contribution in [0.3, 0.4) is 0 Å². The zero-order chi connectivity index (χ0) is 24.3. The third kappa shape index (κ3) is 3.93. The van der Waals surface area contributed by atoms with Crippen molar-refractivity contribution in [3.05, 3.63) is 70.1 Å². The molecule has 2 N–H and O–H groups in total. The number of carbonyl (C=O) groups excluding carboxylic acids is 1. The van der Waals surface area contributed by atoms with Gasteiger partial charge >= 0.3 is 0 Å². The van der Waals surface area contributed by atoms with Crippen molar-refractivity contribution in [3.63, 3.8) is 0 Å². The fraction of sp³-hybridized carbons (Fsp3) is 0.320. The first-order valence-corrected chi connectivity index (χ1v) is 12.9. The molecule has 2 aromatic carbocycles. The van der Waals surface area contributed by atoms with Crippen molar-refractivity contribution >= 4 is 40.3 Å². The molecule has 1 aliphatic heterocycles. The Hall–Kier alpha value is -2.68. The summed E-state index contributed by atoms with van der Waals surface area (Å²) in [6.45, 7) is 4.70. The lowest BCUT2D eigenvalue weighted by molar-refractivity contribution is 0.0930. The van der Waals surface area contributed by atoms with Gasteiger partial charge < -0.3 is 15.2 Å². The van der Waals surface area contributed by atoms with Gasteiger partial charge in [0.2, 0.25) is 5.95 Å². The van der Waals surface area contributed by atoms with Crippen LogP contribution < -0.4 is 10.6 Å². The van der Waals surface area contributed by atoms with E-state index in [0.29, 0.717) is 52.9 Å². The Morgan fingerprint density at radius 3 is 2.65 bits per heavy atom. The summed E-state index contributed by atoms with van der Waals surface area (Å²) in [6.07, 6.45) is 4.53. The van der Waals surface area contributed by atoms with E-state index < -0.39 is 15.9 Å². The zero-order valence-corrected chi connectivity index (χ0v) is 20.6. The minimum atomic E-state index is -1.17. The van der Waals surface area contributed by atoms with E-state index in [9.17, 15) is 13.7 Å². The van der Waals surface area contributed by atoms with Gasteiger partial charge in [-0.2, -0.15) is 0 Å². The standard InChI is InChI=1S/C25H24ClFN4O2S/c1-24(2)13-29-22(32)16-6-4-14(10-17(16)24)21-19(26)12-28-23(31-21)30-15-5-7-20(27)18(11-15)25(8-9-25)34(3)33/h4-7,10-12H,8-9,13H2,1-3H3,(H,29,32)(H,28,30,31). The molecule has 0 spiro atoms. The Balaban J connectivity index is 1.49. The fourth-order valence-corrected chi connectivity index (χ4v) is 5.82. The molecule has 3 aromatic rings. The number of hydrogen-bond donors (Lipinski definition) is 2. The van der Waals surface area contributed by atoms with Gasteiger partial charge in [0.25, 0.3) is 5.91 Å². The van der Waals surface area contributed by atoms with Crippen LogP contribution in [-0.2, 0) is 21.3 Å². The molecule has 0 radical (unpaired) electrons. The summed E-state index contributed by atoms with van der Waals surface area (Å²) in [6, 6.07) is 10.2. The van der Waals surface area contributed by atoms with Crippen molar-refractivity contribution in [2.24, 2.45) is 0 Å². The molecule has 1 aliphatic carbocycles. The van der Waals surface area contributed by atoms with Crippen LogP contribution in [0.25, 0.3) is 11.3 Å². The first kappa shape index (κ1) is 23.1. The number of halogens is 2. The van der Waals surface area contributed by atoms with Gasteiger partial charge in [0.1, 0.15) is 5.82 Å². The number of amides is 1. The Labute approximate surface area is 205 Å². The monoisotopic (exact) mass is 498 g/mol. The third-order valence-electron chi connectivity index (χ3n) is 6.67. The fourth-order valence-electron chi connectivity index (χ4n) is 4.48. The first-order chi connectivity index (χ1) is 16.1. The molecule has 5 rings (SSSR count). The molecule has 9 heteroatoms. The number of benzene rings is 2. The van der Waals surface area contributed by atoms with Crippen molar-refractivity contribution in [2.45, 2.75) is 36.9 Å². The second-order valence-corrected chi connectivity index (χ2v) is 11.6. The summed E-state index contributed by atoms with van der Waals surface area (Å²) < 4.78 is 26.1. The Morgan fingerprint density at radius 2 is 1.94 bits per heavy atom. The van der Waals surface area contributed by atoms with Gasteiger partial charge in [0, 0.05) is 47.2 Å². The van der Waals surface area contributed by atoms with Crippen LogP contribution in [0.4, 0.5) is 16.0 Å². The molecule has 1 unspecified atom stereocenters. The summed E-state index contributed by atoms with van der Waals surface area (Å²) in [5.74, 6) is -0.156. The molecule has 6 nitrogen and oxygen atoms in total. The van der Waals surface area contributed by atoms with Crippen LogP contribution >= 0.6 is 11.6 Å². The zero-order valence-electron chi connectivity index (χ0n) is 19.0. The molecule has 0 bridgehead atoms. The van der Waals surface area contributed by atoms with Crippen molar-refractivity contribution in [1.29, 1.82) is 0 Å². The quantitative estimate of drug-likeness (QED) is 0.479. The number of nitrogens with zero attached hydrogens (tertiary/aromatic N) is 2. The molecule has 34 heavy (non-hydrogen) atoms. The molecule has 1 aromatic heterocycles. The molecule has 2 aliphatic rings. The highest BCUT2D eigenvalue weighted by molar-refractivity contribution is 7.91. The summed E-state index contributed by atoms with van der Waals surface area (Å²) in [4.78, 5) is 21.2. The number of carbonyl (C=O) groups is 1. The van der Waals surface area contributed by atoms with Gasteiger partial charge in [0.05, 0.1) is 23.2 Å². The van der Waals surface area contributed by atoms with Crippen LogP contribution in [0.5, 0.6) is 0 Å². The van der Waals surface area contributed by atoms with E-state index in [2.05, 4.69) is 34.4 Å². The number of hydrogen-bond acceptors (Lipinski definition) is 5. The summed E-state index contributed by atoms with van der Waals surface area (Å²) in [5.41, 5.74) is 3.69. The topological polar surface area (TPSA) is 90.0 Å². The number of nitrogens with one attached hydrogen (secondary N) is 2. The largest absolute Gasteiger partial charge is 0.616 e. The number of rotatable bonds is 5. The molecule has 1 saturated carbocycles. The summed E-state index contributed by atoms with van der Waals surface area (Å²) >= 11 is 5.28. The minimum absolute atomic E-state index is 0.0921. The Bertz CT molecular complexity index is 1310. The summed E-state index contributed by atoms with van der Waals surface area (Å²) in [5, 5.41) is 6.42. The number of aromatic nitrogens is 2. The molecule has 0 saturated heterocycles. The van der Waals surface area contributed by atoms with E-state index in [1.807, 2.05) is 12.1 Å². The van der Waals surface area contributed by atoms with Crippen LogP contribution in [0.1, 0.15) is 48.2 Å². The predicted octanol–water partition coefficient (Wildman–Crippen LogP) is 5.07. The first-order valence-electron chi connectivity index (χ1n) is 11.0. The lowest BCUT2D eigenvalue weighted by Crippen LogP contribution is -2.43. The molecular formula is C25H24ClFN4O2S. The third-order valence-corrected chi connectivity index (χ3v) is 8.67. The van der Waals surface area contributed by atoms with Crippen LogP contribution in [0.2, 0.25) is 5.02 Å². The molecule has 176 valence electrons. The normalized spacial score (nSPS) is 18.6. The molecule has 2 heterocycles. The summed E-state index contributed by atoms with van der Waals surface area (Å²) in [7, 11) is 0. The number of fused-ring (bicyclic) bond motifs is 1. The van der Waals surface area contributed by atoms with E-state index in [4.69, 9.17) is 11.6 Å². The maximum Gasteiger partial charge on any atom is 0.251 e. The lowest BCUT2D eigenvalue weighted by atomic mass is 9.78. The van der Waals surface area contributed by atoms with Crippen molar-refractivity contribution in [1.82, 2.24) is 15.3 Å². The Kier molecular flexibility index (Phi) is 5.58. The average molecular weight is 499 g/mol. The van der Waals surface area contributed by atoms with Crippen molar-refractivity contribution < 1.29 is 13.7 Å². The SMILES string of the molecule is C[S+]([O-])C1(c2cc(Nc3ncc(Cl)c(-c4ccc5c(c4)C(C)(C)CNC5=O)n3)ccc2F)CC1. The van der Waals surface area contributed by atoms with Gasteiger partial charge in [-0.15, -0.1) is 0 Å². The van der Waals surface area contributed by atoms with E-state index in [-0.39, 0.29) is 17.1 Å². The second-order valence-electron chi connectivity index (χ2n) is 9.49. The van der Waals surface area contributed by atoms with E-state index >= 15 is 0 Å². The number of anilines is 2. The molecule has 1 fully saturated rings.